The van der Waals surface area contributed by atoms with Crippen LogP contribution in [0.5, 0.6) is 0 Å². The minimum atomic E-state index is -3.65. The van der Waals surface area contributed by atoms with Crippen molar-refractivity contribution in [3.63, 3.8) is 0 Å². The lowest BCUT2D eigenvalue weighted by molar-refractivity contribution is 0.581. The highest BCUT2D eigenvalue weighted by Crippen LogP contribution is 2.22. The Bertz CT molecular complexity index is 728. The Morgan fingerprint density at radius 3 is 2.29 bits per heavy atom. The topological polar surface area (TPSA) is 72.2 Å². The molecule has 0 radical (unpaired) electrons. The number of aryl methyl sites for hydroxylation is 1. The van der Waals surface area contributed by atoms with Crippen LogP contribution in [0.15, 0.2) is 47.4 Å². The van der Waals surface area contributed by atoms with Gasteiger partial charge in [-0.3, -0.25) is 0 Å². The average Bonchev–Trinajstić information content (AvgIpc) is 2.46. The number of nitrogens with two attached hydrogens (primary N) is 1. The van der Waals surface area contributed by atoms with Crippen LogP contribution in [0.3, 0.4) is 0 Å². The zero-order valence-corrected chi connectivity index (χ0v) is 13.2. The minimum absolute atomic E-state index is 0.0634. The molecule has 0 fully saturated rings. The summed E-state index contributed by atoms with van der Waals surface area (Å²) in [5.41, 5.74) is 8.31. The van der Waals surface area contributed by atoms with Crippen LogP contribution < -0.4 is 10.5 Å². The highest BCUT2D eigenvalue weighted by atomic mass is 35.5. The smallest absolute Gasteiger partial charge is 0.242 e. The molecular formula is C15H17ClN2O2S. The standard InChI is InChI=1S/C15H17ClN2O2S/c1-11-2-4-12(5-3-11)10-18-21(19,20)15-7-6-13(9-17)8-14(15)16/h2-8,18H,9-10,17H2,1H3. The first-order valence-electron chi connectivity index (χ1n) is 6.46. The van der Waals surface area contributed by atoms with Gasteiger partial charge < -0.3 is 5.73 Å². The molecule has 2 aromatic rings. The molecule has 0 heterocycles. The fourth-order valence-corrected chi connectivity index (χ4v) is 3.43. The second kappa shape index (κ2) is 6.58. The average molecular weight is 325 g/mol. The second-order valence-corrected chi connectivity index (χ2v) is 6.92. The molecule has 6 heteroatoms. The lowest BCUT2D eigenvalue weighted by atomic mass is 10.2. The van der Waals surface area contributed by atoms with Crippen LogP contribution in [0.2, 0.25) is 5.02 Å². The number of benzene rings is 2. The molecule has 0 aliphatic rings. The van der Waals surface area contributed by atoms with Gasteiger partial charge in [0.25, 0.3) is 0 Å². The summed E-state index contributed by atoms with van der Waals surface area (Å²) < 4.78 is 27.1. The molecule has 0 bridgehead atoms. The van der Waals surface area contributed by atoms with Crippen LogP contribution in [0.4, 0.5) is 0 Å². The maximum Gasteiger partial charge on any atom is 0.242 e. The van der Waals surface area contributed by atoms with E-state index in [2.05, 4.69) is 4.72 Å². The van der Waals surface area contributed by atoms with E-state index in [1.165, 1.54) is 6.07 Å². The van der Waals surface area contributed by atoms with Crippen molar-refractivity contribution in [2.45, 2.75) is 24.9 Å². The first-order chi connectivity index (χ1) is 9.92. The Labute approximate surface area is 130 Å². The van der Waals surface area contributed by atoms with Gasteiger partial charge in [-0.1, -0.05) is 47.5 Å². The van der Waals surface area contributed by atoms with Crippen LogP contribution in [-0.2, 0) is 23.1 Å². The normalized spacial score (nSPS) is 11.6. The van der Waals surface area contributed by atoms with Crippen molar-refractivity contribution in [2.24, 2.45) is 5.73 Å². The largest absolute Gasteiger partial charge is 0.326 e. The first-order valence-corrected chi connectivity index (χ1v) is 8.32. The zero-order chi connectivity index (χ0) is 15.5. The third-order valence-electron chi connectivity index (χ3n) is 3.11. The molecule has 0 saturated carbocycles. The summed E-state index contributed by atoms with van der Waals surface area (Å²) in [6.07, 6.45) is 0. The third kappa shape index (κ3) is 4.04. The van der Waals surface area contributed by atoms with Gasteiger partial charge in [0.05, 0.1) is 5.02 Å². The fraction of sp³-hybridized carbons (Fsp3) is 0.200. The van der Waals surface area contributed by atoms with Gasteiger partial charge in [-0.2, -0.15) is 0 Å². The van der Waals surface area contributed by atoms with E-state index < -0.39 is 10.0 Å². The third-order valence-corrected chi connectivity index (χ3v) is 4.99. The monoisotopic (exact) mass is 324 g/mol. The van der Waals surface area contributed by atoms with Gasteiger partial charge in [-0.25, -0.2) is 13.1 Å². The van der Waals surface area contributed by atoms with Gasteiger partial charge in [-0.15, -0.1) is 0 Å². The quantitative estimate of drug-likeness (QED) is 0.888. The molecule has 0 aliphatic heterocycles. The number of hydrogen-bond donors (Lipinski definition) is 2. The summed E-state index contributed by atoms with van der Waals surface area (Å²) in [5.74, 6) is 0. The van der Waals surface area contributed by atoms with Crippen LogP contribution in [0, 0.1) is 6.92 Å². The van der Waals surface area contributed by atoms with E-state index in [4.69, 9.17) is 17.3 Å². The predicted molar refractivity (Wildman–Crippen MR) is 84.5 cm³/mol. The lowest BCUT2D eigenvalue weighted by Crippen LogP contribution is -2.23. The minimum Gasteiger partial charge on any atom is -0.326 e. The Hall–Kier alpha value is -1.40. The molecule has 0 spiro atoms. The molecule has 21 heavy (non-hydrogen) atoms. The SMILES string of the molecule is Cc1ccc(CNS(=O)(=O)c2ccc(CN)cc2Cl)cc1. The molecule has 0 saturated heterocycles. The highest BCUT2D eigenvalue weighted by molar-refractivity contribution is 7.89. The van der Waals surface area contributed by atoms with E-state index in [1.807, 2.05) is 31.2 Å². The van der Waals surface area contributed by atoms with Gasteiger partial charge in [-0.05, 0) is 30.2 Å². The molecule has 0 aromatic heterocycles. The van der Waals surface area contributed by atoms with Gasteiger partial charge in [0.15, 0.2) is 0 Å². The first kappa shape index (κ1) is 16.0. The van der Waals surface area contributed by atoms with Gasteiger partial charge in [0.2, 0.25) is 10.0 Å². The van der Waals surface area contributed by atoms with Crippen molar-refractivity contribution in [1.29, 1.82) is 0 Å². The van der Waals surface area contributed by atoms with Gasteiger partial charge in [0, 0.05) is 13.1 Å². The van der Waals surface area contributed by atoms with Gasteiger partial charge in [0.1, 0.15) is 4.90 Å². The number of nitrogens with one attached hydrogen (secondary N) is 1. The summed E-state index contributed by atoms with van der Waals surface area (Å²) in [7, 11) is -3.65. The van der Waals surface area contributed by atoms with E-state index in [1.54, 1.807) is 12.1 Å². The van der Waals surface area contributed by atoms with Crippen molar-refractivity contribution in [3.8, 4) is 0 Å². The Morgan fingerprint density at radius 2 is 1.71 bits per heavy atom. The maximum absolute atomic E-state index is 12.3. The molecule has 0 aliphatic carbocycles. The van der Waals surface area contributed by atoms with E-state index in [0.717, 1.165) is 16.7 Å². The fourth-order valence-electron chi connectivity index (χ4n) is 1.85. The van der Waals surface area contributed by atoms with Crippen LogP contribution in [-0.4, -0.2) is 8.42 Å². The van der Waals surface area contributed by atoms with Crippen LogP contribution in [0.25, 0.3) is 0 Å². The van der Waals surface area contributed by atoms with Crippen LogP contribution in [0.1, 0.15) is 16.7 Å². The summed E-state index contributed by atoms with van der Waals surface area (Å²) in [5, 5.41) is 0.175. The van der Waals surface area contributed by atoms with Gasteiger partial charge >= 0.3 is 0 Å². The molecular weight excluding hydrogens is 308 g/mol. The van der Waals surface area contributed by atoms with Crippen molar-refractivity contribution >= 4 is 21.6 Å². The van der Waals surface area contributed by atoms with Crippen molar-refractivity contribution in [1.82, 2.24) is 4.72 Å². The van der Waals surface area contributed by atoms with E-state index in [-0.39, 0.29) is 16.5 Å². The molecule has 3 N–H and O–H groups in total. The molecule has 0 unspecified atom stereocenters. The van der Waals surface area contributed by atoms with Crippen molar-refractivity contribution in [2.75, 3.05) is 0 Å². The van der Waals surface area contributed by atoms with Crippen LogP contribution >= 0.6 is 11.6 Å². The summed E-state index contributed by atoms with van der Waals surface area (Å²) in [6.45, 7) is 2.52. The number of rotatable bonds is 5. The summed E-state index contributed by atoms with van der Waals surface area (Å²) in [6, 6.07) is 12.4. The van der Waals surface area contributed by atoms with E-state index in [0.29, 0.717) is 6.54 Å². The zero-order valence-electron chi connectivity index (χ0n) is 11.6. The van der Waals surface area contributed by atoms with E-state index in [9.17, 15) is 8.42 Å². The lowest BCUT2D eigenvalue weighted by Gasteiger charge is -2.09. The number of sulfonamides is 1. The molecule has 0 atom stereocenters. The Kier molecular flexibility index (Phi) is 5.00. The van der Waals surface area contributed by atoms with E-state index >= 15 is 0 Å². The molecule has 2 rings (SSSR count). The molecule has 0 amide bonds. The molecule has 4 nitrogen and oxygen atoms in total. The highest BCUT2D eigenvalue weighted by Gasteiger charge is 2.17. The Balaban J connectivity index is 2.16. The number of hydrogen-bond acceptors (Lipinski definition) is 3. The van der Waals surface area contributed by atoms with Crippen molar-refractivity contribution in [3.05, 3.63) is 64.2 Å². The van der Waals surface area contributed by atoms with Crippen molar-refractivity contribution < 1.29 is 8.42 Å². The maximum atomic E-state index is 12.3. The molecule has 112 valence electrons. The predicted octanol–water partition coefficient (Wildman–Crippen LogP) is 2.59. The summed E-state index contributed by atoms with van der Waals surface area (Å²) in [4.78, 5) is 0.0634. The summed E-state index contributed by atoms with van der Waals surface area (Å²) >= 11 is 6.02. The molecule has 2 aromatic carbocycles. The second-order valence-electron chi connectivity index (χ2n) is 4.78. The Morgan fingerprint density at radius 1 is 1.10 bits per heavy atom. The number of halogens is 1.